The zero-order valence-corrected chi connectivity index (χ0v) is 14.3. The predicted octanol–water partition coefficient (Wildman–Crippen LogP) is -0.129. The maximum Gasteiger partial charge on any atom is 0.233 e. The second-order valence-corrected chi connectivity index (χ2v) is 6.55. The standard InChI is InChI=1S/C13H24N6O2S/c1-17(2)6-7-19(11-4-8-21-9-5-11)12(20)10-22-13-14-15-16-18(13)3/h11H,4-10H2,1-3H3. The normalized spacial score (nSPS) is 16.2. The maximum absolute atomic E-state index is 12.6. The Balaban J connectivity index is 1.93. The van der Waals surface area contributed by atoms with Gasteiger partial charge in [0.1, 0.15) is 0 Å². The van der Waals surface area contributed by atoms with Crippen LogP contribution >= 0.6 is 11.8 Å². The highest BCUT2D eigenvalue weighted by Crippen LogP contribution is 2.18. The number of amides is 1. The van der Waals surface area contributed by atoms with Crippen LogP contribution < -0.4 is 0 Å². The fraction of sp³-hybridized carbons (Fsp3) is 0.846. The van der Waals surface area contributed by atoms with Gasteiger partial charge in [-0.05, 0) is 37.4 Å². The molecule has 22 heavy (non-hydrogen) atoms. The molecule has 1 aliphatic rings. The Morgan fingerprint density at radius 2 is 2.09 bits per heavy atom. The van der Waals surface area contributed by atoms with Crippen molar-refractivity contribution in [2.45, 2.75) is 24.0 Å². The highest BCUT2D eigenvalue weighted by Gasteiger charge is 2.26. The molecule has 1 saturated heterocycles. The average molecular weight is 328 g/mol. The highest BCUT2D eigenvalue weighted by atomic mass is 32.2. The topological polar surface area (TPSA) is 76.4 Å². The first-order valence-electron chi connectivity index (χ1n) is 7.45. The van der Waals surface area contributed by atoms with Gasteiger partial charge in [-0.1, -0.05) is 11.8 Å². The molecule has 1 aliphatic heterocycles. The molecule has 1 amide bonds. The van der Waals surface area contributed by atoms with Gasteiger partial charge in [0.2, 0.25) is 11.1 Å². The molecule has 0 bridgehead atoms. The lowest BCUT2D eigenvalue weighted by atomic mass is 10.1. The van der Waals surface area contributed by atoms with E-state index in [-0.39, 0.29) is 11.9 Å². The third-order valence-corrected chi connectivity index (χ3v) is 4.64. The van der Waals surface area contributed by atoms with Gasteiger partial charge in [-0.2, -0.15) is 0 Å². The minimum absolute atomic E-state index is 0.141. The number of tetrazole rings is 1. The monoisotopic (exact) mass is 328 g/mol. The molecule has 2 heterocycles. The zero-order valence-electron chi connectivity index (χ0n) is 13.4. The van der Waals surface area contributed by atoms with Crippen molar-refractivity contribution < 1.29 is 9.53 Å². The van der Waals surface area contributed by atoms with Gasteiger partial charge in [0, 0.05) is 39.4 Å². The van der Waals surface area contributed by atoms with Crippen molar-refractivity contribution in [3.8, 4) is 0 Å². The summed E-state index contributed by atoms with van der Waals surface area (Å²) in [5.41, 5.74) is 0. The largest absolute Gasteiger partial charge is 0.381 e. The molecule has 9 heteroatoms. The van der Waals surface area contributed by atoms with Crippen LogP contribution in [0.1, 0.15) is 12.8 Å². The van der Waals surface area contributed by atoms with Crippen molar-refractivity contribution in [2.75, 3.05) is 46.2 Å². The summed E-state index contributed by atoms with van der Waals surface area (Å²) in [6.07, 6.45) is 1.82. The fourth-order valence-electron chi connectivity index (χ4n) is 2.37. The number of carbonyl (C=O) groups excluding carboxylic acids is 1. The van der Waals surface area contributed by atoms with Crippen molar-refractivity contribution in [3.05, 3.63) is 0 Å². The summed E-state index contributed by atoms with van der Waals surface area (Å²) in [6.45, 7) is 3.07. The Hall–Kier alpha value is -1.19. The Labute approximate surface area is 135 Å². The van der Waals surface area contributed by atoms with Gasteiger partial charge in [-0.15, -0.1) is 5.10 Å². The molecule has 0 radical (unpaired) electrons. The van der Waals surface area contributed by atoms with E-state index in [0.717, 1.165) is 39.1 Å². The van der Waals surface area contributed by atoms with E-state index in [1.807, 2.05) is 19.0 Å². The lowest BCUT2D eigenvalue weighted by Gasteiger charge is -2.35. The molecule has 8 nitrogen and oxygen atoms in total. The summed E-state index contributed by atoms with van der Waals surface area (Å²) >= 11 is 1.38. The van der Waals surface area contributed by atoms with E-state index in [2.05, 4.69) is 20.4 Å². The smallest absolute Gasteiger partial charge is 0.233 e. The molecule has 0 atom stereocenters. The van der Waals surface area contributed by atoms with Crippen LogP contribution in [0.15, 0.2) is 5.16 Å². The molecule has 0 N–H and O–H groups in total. The van der Waals surface area contributed by atoms with Crippen molar-refractivity contribution in [1.29, 1.82) is 0 Å². The van der Waals surface area contributed by atoms with Crippen molar-refractivity contribution in [2.24, 2.45) is 7.05 Å². The molecule has 124 valence electrons. The molecule has 0 aromatic carbocycles. The van der Waals surface area contributed by atoms with Gasteiger partial charge in [-0.25, -0.2) is 4.68 Å². The summed E-state index contributed by atoms with van der Waals surface area (Å²) < 4.78 is 6.99. The van der Waals surface area contributed by atoms with Gasteiger partial charge >= 0.3 is 0 Å². The molecular formula is C13H24N6O2S. The van der Waals surface area contributed by atoms with Crippen LogP contribution in [0.2, 0.25) is 0 Å². The Morgan fingerprint density at radius 1 is 1.36 bits per heavy atom. The van der Waals surface area contributed by atoms with E-state index in [1.54, 1.807) is 11.7 Å². The number of rotatable bonds is 7. The number of aryl methyl sites for hydroxylation is 1. The van der Waals surface area contributed by atoms with E-state index < -0.39 is 0 Å². The van der Waals surface area contributed by atoms with Crippen molar-refractivity contribution in [1.82, 2.24) is 30.0 Å². The highest BCUT2D eigenvalue weighted by molar-refractivity contribution is 7.99. The quantitative estimate of drug-likeness (QED) is 0.645. The van der Waals surface area contributed by atoms with Gasteiger partial charge in [-0.3, -0.25) is 4.79 Å². The van der Waals surface area contributed by atoms with E-state index in [1.165, 1.54) is 11.8 Å². The number of thioether (sulfide) groups is 1. The van der Waals surface area contributed by atoms with Crippen molar-refractivity contribution in [3.63, 3.8) is 0 Å². The molecule has 0 unspecified atom stereocenters. The fourth-order valence-corrected chi connectivity index (χ4v) is 3.10. The lowest BCUT2D eigenvalue weighted by molar-refractivity contribution is -0.132. The van der Waals surface area contributed by atoms with E-state index >= 15 is 0 Å². The number of aromatic nitrogens is 4. The zero-order chi connectivity index (χ0) is 15.9. The number of nitrogens with zero attached hydrogens (tertiary/aromatic N) is 6. The van der Waals surface area contributed by atoms with E-state index in [4.69, 9.17) is 4.74 Å². The lowest BCUT2D eigenvalue weighted by Crippen LogP contribution is -2.47. The second-order valence-electron chi connectivity index (χ2n) is 5.61. The SMILES string of the molecule is CN(C)CCN(C(=O)CSc1nnnn1C)C1CCOCC1. The van der Waals surface area contributed by atoms with Crippen LogP contribution in [0.5, 0.6) is 0 Å². The molecule has 1 fully saturated rings. The Kier molecular flexibility index (Phi) is 6.59. The summed E-state index contributed by atoms with van der Waals surface area (Å²) in [5, 5.41) is 11.9. The van der Waals surface area contributed by atoms with Crippen LogP contribution in [-0.2, 0) is 16.6 Å². The number of hydrogen-bond acceptors (Lipinski definition) is 7. The summed E-state index contributed by atoms with van der Waals surface area (Å²) in [5.74, 6) is 0.501. The van der Waals surface area contributed by atoms with Crippen LogP contribution in [0, 0.1) is 0 Å². The predicted molar refractivity (Wildman–Crippen MR) is 83.6 cm³/mol. The Morgan fingerprint density at radius 3 is 2.68 bits per heavy atom. The number of hydrogen-bond donors (Lipinski definition) is 0. The molecular weight excluding hydrogens is 304 g/mol. The first-order valence-corrected chi connectivity index (χ1v) is 8.43. The van der Waals surface area contributed by atoms with Gasteiger partial charge in [0.15, 0.2) is 0 Å². The average Bonchev–Trinajstić information content (AvgIpc) is 2.91. The molecule has 0 spiro atoms. The van der Waals surface area contributed by atoms with Crippen LogP contribution in [0.3, 0.4) is 0 Å². The Bertz CT molecular complexity index is 475. The molecule has 1 aromatic rings. The summed E-state index contributed by atoms with van der Waals surface area (Å²) in [4.78, 5) is 16.7. The van der Waals surface area contributed by atoms with Gasteiger partial charge in [0.25, 0.3) is 0 Å². The van der Waals surface area contributed by atoms with E-state index in [0.29, 0.717) is 10.9 Å². The third-order valence-electron chi connectivity index (χ3n) is 3.65. The molecule has 2 rings (SSSR count). The van der Waals surface area contributed by atoms with Gasteiger partial charge in [0.05, 0.1) is 5.75 Å². The van der Waals surface area contributed by atoms with Crippen molar-refractivity contribution >= 4 is 17.7 Å². The van der Waals surface area contributed by atoms with Gasteiger partial charge < -0.3 is 14.5 Å². The molecule has 0 aliphatic carbocycles. The number of likely N-dealkylation sites (N-methyl/N-ethyl adjacent to an activating group) is 1. The first-order chi connectivity index (χ1) is 10.6. The summed E-state index contributed by atoms with van der Waals surface area (Å²) in [6, 6.07) is 0.277. The minimum atomic E-state index is 0.141. The second kappa shape index (κ2) is 8.44. The molecule has 0 saturated carbocycles. The van der Waals surface area contributed by atoms with Crippen LogP contribution in [-0.4, -0.2) is 88.1 Å². The number of carbonyl (C=O) groups is 1. The third kappa shape index (κ3) is 4.92. The molecule has 1 aromatic heterocycles. The van der Waals surface area contributed by atoms with Crippen LogP contribution in [0.25, 0.3) is 0 Å². The number of ether oxygens (including phenoxy) is 1. The van der Waals surface area contributed by atoms with E-state index in [9.17, 15) is 4.79 Å². The van der Waals surface area contributed by atoms with Crippen LogP contribution in [0.4, 0.5) is 0 Å². The summed E-state index contributed by atoms with van der Waals surface area (Å²) in [7, 11) is 5.81. The maximum atomic E-state index is 12.6. The minimum Gasteiger partial charge on any atom is -0.381 e. The first kappa shape index (κ1) is 17.2.